The average molecular weight is 641 g/mol. The molecule has 0 spiro atoms. The third-order valence-corrected chi connectivity index (χ3v) is 8.59. The number of Topliss-reactive ketones (excluding diaryl/α,β-unsaturated/α-hetero) is 1. The zero-order valence-electron chi connectivity index (χ0n) is 27.1. The lowest BCUT2D eigenvalue weighted by Crippen LogP contribution is -2.48. The van der Waals surface area contributed by atoms with Gasteiger partial charge < -0.3 is 9.67 Å². The molecule has 0 radical (unpaired) electrons. The highest BCUT2D eigenvalue weighted by Gasteiger charge is 2.30. The average Bonchev–Trinajstić information content (AvgIpc) is 2.90. The van der Waals surface area contributed by atoms with E-state index in [-0.39, 0.29) is 42.7 Å². The van der Waals surface area contributed by atoms with Gasteiger partial charge >= 0.3 is 5.97 Å². The zero-order chi connectivity index (χ0) is 32.3. The number of likely N-dealkylation sites (tertiary alicyclic amines) is 1. The van der Waals surface area contributed by atoms with Gasteiger partial charge in [0.15, 0.2) is 5.78 Å². The van der Waals surface area contributed by atoms with E-state index in [1.165, 1.54) is 10.6 Å². The molecule has 1 unspecified atom stereocenters. The van der Waals surface area contributed by atoms with Crippen molar-refractivity contribution in [2.45, 2.75) is 85.4 Å². The number of halogens is 2. The van der Waals surface area contributed by atoms with Crippen LogP contribution in [0.4, 0.5) is 8.78 Å². The Morgan fingerprint density at radius 2 is 1.62 bits per heavy atom. The van der Waals surface area contributed by atoms with Crippen LogP contribution in [0.5, 0.6) is 0 Å². The molecule has 1 N–H and O–H groups in total. The summed E-state index contributed by atoms with van der Waals surface area (Å²) in [5, 5.41) is 9.83. The number of ketones is 1. The molecule has 2 atom stereocenters. The van der Waals surface area contributed by atoms with Crippen LogP contribution in [-0.2, 0) is 16.0 Å². The van der Waals surface area contributed by atoms with Crippen molar-refractivity contribution in [3.63, 3.8) is 0 Å². The largest absolute Gasteiger partial charge is 0.481 e. The molecule has 0 aliphatic carbocycles. The molecule has 1 aromatic heterocycles. The van der Waals surface area contributed by atoms with E-state index in [2.05, 4.69) is 12.1 Å². The summed E-state index contributed by atoms with van der Waals surface area (Å²) in [6, 6.07) is 9.92. The predicted octanol–water partition coefficient (Wildman–Crippen LogP) is 7.00. The first kappa shape index (κ1) is 36.2. The minimum atomic E-state index is -1.13. The van der Waals surface area contributed by atoms with Gasteiger partial charge in [-0.3, -0.25) is 19.3 Å². The number of aliphatic carboxylic acids is 1. The minimum Gasteiger partial charge on any atom is -0.481 e. The molecule has 0 saturated carbocycles. The molecule has 0 amide bonds. The maximum Gasteiger partial charge on any atom is 0.303 e. The zero-order valence-corrected chi connectivity index (χ0v) is 28.1. The van der Waals surface area contributed by atoms with Gasteiger partial charge in [-0.1, -0.05) is 37.6 Å². The van der Waals surface area contributed by atoms with Crippen molar-refractivity contribution in [3.8, 4) is 11.1 Å². The molecule has 244 valence electrons. The summed E-state index contributed by atoms with van der Waals surface area (Å²) in [6.07, 6.45) is 1.23. The van der Waals surface area contributed by atoms with Crippen molar-refractivity contribution in [1.29, 1.82) is 0 Å². The molecule has 1 fully saturated rings. The van der Waals surface area contributed by atoms with Crippen molar-refractivity contribution < 1.29 is 23.5 Å². The summed E-state index contributed by atoms with van der Waals surface area (Å²) in [4.78, 5) is 41.1. The Kier molecular flexibility index (Phi) is 12.3. The Morgan fingerprint density at radius 1 is 0.978 bits per heavy atom. The fourth-order valence-electron chi connectivity index (χ4n) is 6.52. The number of hydrogen-bond donors (Lipinski definition) is 1. The molecule has 1 aliphatic heterocycles. The first-order chi connectivity index (χ1) is 20.7. The van der Waals surface area contributed by atoms with Gasteiger partial charge in [-0.05, 0) is 97.5 Å². The molecule has 9 heteroatoms. The SMILES string of the molecule is Cc1cc(C)c(-c2cc(C)c(F)c([C@H](CC(=O)O)CC(=O)C(CC(C)C)n3cc(CCN4CC(F)C4)ccc3=O)c2)c(C)c1.S. The van der Waals surface area contributed by atoms with Crippen LogP contribution in [-0.4, -0.2) is 52.1 Å². The van der Waals surface area contributed by atoms with E-state index >= 15 is 4.39 Å². The Bertz CT molecular complexity index is 1570. The topological polar surface area (TPSA) is 79.6 Å². The van der Waals surface area contributed by atoms with Gasteiger partial charge in [-0.25, -0.2) is 8.78 Å². The minimum absolute atomic E-state index is 0. The Balaban J connectivity index is 0.00000552. The summed E-state index contributed by atoms with van der Waals surface area (Å²) >= 11 is 0. The number of carbonyl (C=O) groups excluding carboxylic acids is 1. The Morgan fingerprint density at radius 3 is 2.20 bits per heavy atom. The second-order valence-corrected chi connectivity index (χ2v) is 13.0. The molecule has 1 saturated heterocycles. The summed E-state index contributed by atoms with van der Waals surface area (Å²) in [7, 11) is 0. The van der Waals surface area contributed by atoms with Crippen LogP contribution in [0.25, 0.3) is 11.1 Å². The number of pyridine rings is 1. The van der Waals surface area contributed by atoms with Gasteiger partial charge in [0, 0.05) is 44.2 Å². The molecule has 2 heterocycles. The highest BCUT2D eigenvalue weighted by molar-refractivity contribution is 7.59. The van der Waals surface area contributed by atoms with Crippen molar-refractivity contribution in [2.75, 3.05) is 19.6 Å². The number of nitrogens with zero attached hydrogens (tertiary/aromatic N) is 2. The van der Waals surface area contributed by atoms with Crippen LogP contribution in [0.2, 0.25) is 0 Å². The molecule has 3 aromatic rings. The first-order valence-corrected chi connectivity index (χ1v) is 15.4. The molecule has 0 bridgehead atoms. The standard InChI is InChI=1S/C36H44F2N2O4.H2S/c1-21(2)11-31(40-18-26(7-8-33(40)42)9-10-39-19-29(37)20-39)32(41)16-27(17-34(43)44)30-15-28(14-25(6)36(30)38)35-23(4)12-22(3)13-24(35)5;/h7-8,12-15,18,21,27,29,31H,9-11,16-17,19-20H2,1-6H3,(H,43,44);1H2/t27-,31?;/m0./s1. The van der Waals surface area contributed by atoms with Crippen molar-refractivity contribution >= 4 is 25.2 Å². The number of aromatic nitrogens is 1. The monoisotopic (exact) mass is 640 g/mol. The summed E-state index contributed by atoms with van der Waals surface area (Å²) in [6.45, 7) is 13.0. The third-order valence-electron chi connectivity index (χ3n) is 8.59. The Hall–Kier alpha value is -3.30. The number of rotatable bonds is 13. The molecule has 6 nitrogen and oxygen atoms in total. The number of carboxylic acid groups (broad SMARTS) is 1. The van der Waals surface area contributed by atoms with Gasteiger partial charge in [-0.2, -0.15) is 13.5 Å². The van der Waals surface area contributed by atoms with Crippen LogP contribution in [0.3, 0.4) is 0 Å². The molecule has 1 aliphatic rings. The fourth-order valence-corrected chi connectivity index (χ4v) is 6.52. The highest BCUT2D eigenvalue weighted by Crippen LogP contribution is 2.36. The van der Waals surface area contributed by atoms with E-state index in [1.807, 2.05) is 39.5 Å². The normalized spacial score (nSPS) is 15.0. The highest BCUT2D eigenvalue weighted by atomic mass is 32.1. The second kappa shape index (κ2) is 15.3. The molecule has 4 rings (SSSR count). The lowest BCUT2D eigenvalue weighted by Gasteiger charge is -2.34. The van der Waals surface area contributed by atoms with E-state index in [4.69, 9.17) is 0 Å². The summed E-state index contributed by atoms with van der Waals surface area (Å²) in [5.74, 6) is -2.81. The number of aryl methyl sites for hydroxylation is 4. The van der Waals surface area contributed by atoms with Gasteiger partial charge in [0.05, 0.1) is 12.5 Å². The van der Waals surface area contributed by atoms with Crippen LogP contribution < -0.4 is 5.56 Å². The van der Waals surface area contributed by atoms with Gasteiger partial charge in [-0.15, -0.1) is 0 Å². The van der Waals surface area contributed by atoms with E-state index in [1.54, 1.807) is 31.3 Å². The smallest absolute Gasteiger partial charge is 0.303 e. The summed E-state index contributed by atoms with van der Waals surface area (Å²) < 4.78 is 30.5. The predicted molar refractivity (Wildman–Crippen MR) is 180 cm³/mol. The molecular weight excluding hydrogens is 594 g/mol. The molecular formula is C36H46F2N2O4S. The van der Waals surface area contributed by atoms with Crippen LogP contribution in [0.1, 0.15) is 78.5 Å². The second-order valence-electron chi connectivity index (χ2n) is 13.0. The lowest BCUT2D eigenvalue weighted by molar-refractivity contribution is -0.137. The van der Waals surface area contributed by atoms with Gasteiger partial charge in [0.25, 0.3) is 5.56 Å². The quantitative estimate of drug-likeness (QED) is 0.218. The van der Waals surface area contributed by atoms with Crippen LogP contribution in [0.15, 0.2) is 47.4 Å². The van der Waals surface area contributed by atoms with E-state index in [9.17, 15) is 23.9 Å². The number of alkyl halides is 1. The van der Waals surface area contributed by atoms with Crippen molar-refractivity contribution in [1.82, 2.24) is 9.47 Å². The third kappa shape index (κ3) is 8.91. The van der Waals surface area contributed by atoms with E-state index in [0.717, 1.165) is 33.4 Å². The van der Waals surface area contributed by atoms with Gasteiger partial charge in [0.2, 0.25) is 0 Å². The van der Waals surface area contributed by atoms with Crippen LogP contribution >= 0.6 is 13.5 Å². The number of benzene rings is 2. The molecule has 45 heavy (non-hydrogen) atoms. The maximum absolute atomic E-state index is 15.8. The number of hydrogen-bond acceptors (Lipinski definition) is 4. The van der Waals surface area contributed by atoms with Crippen molar-refractivity contribution in [2.24, 2.45) is 5.92 Å². The first-order valence-electron chi connectivity index (χ1n) is 15.4. The summed E-state index contributed by atoms with van der Waals surface area (Å²) in [5.41, 5.74) is 6.01. The lowest BCUT2D eigenvalue weighted by atomic mass is 9.83. The number of carboxylic acids is 1. The van der Waals surface area contributed by atoms with E-state index in [0.29, 0.717) is 38.0 Å². The van der Waals surface area contributed by atoms with Crippen molar-refractivity contribution in [3.05, 3.63) is 92.1 Å². The van der Waals surface area contributed by atoms with Crippen LogP contribution in [0, 0.1) is 39.4 Å². The maximum atomic E-state index is 15.8. The number of carbonyl (C=O) groups is 2. The Labute approximate surface area is 271 Å². The molecule has 2 aromatic carbocycles. The van der Waals surface area contributed by atoms with E-state index < -0.39 is 36.3 Å². The fraction of sp³-hybridized carbons (Fsp3) is 0.472. The van der Waals surface area contributed by atoms with Gasteiger partial charge in [0.1, 0.15) is 12.0 Å².